The molecule has 0 fully saturated rings. The number of hydrogen-bond acceptors (Lipinski definition) is 9. The molecule has 0 spiro atoms. The third kappa shape index (κ3) is 10.0. The van der Waals surface area contributed by atoms with E-state index in [1.807, 2.05) is 36.1 Å². The van der Waals surface area contributed by atoms with Crippen LogP contribution in [0.3, 0.4) is 0 Å². The maximum Gasteiger partial charge on any atom is 0.411 e. The number of ether oxygens (including phenoxy) is 2. The summed E-state index contributed by atoms with van der Waals surface area (Å²) in [6.07, 6.45) is 1.98. The number of aromatic nitrogens is 2. The van der Waals surface area contributed by atoms with Crippen LogP contribution in [0.4, 0.5) is 22.2 Å². The zero-order valence-corrected chi connectivity index (χ0v) is 18.5. The van der Waals surface area contributed by atoms with Crippen LogP contribution in [0.2, 0.25) is 0 Å². The van der Waals surface area contributed by atoms with Gasteiger partial charge in [0.1, 0.15) is 11.4 Å². The zero-order valence-electron chi connectivity index (χ0n) is 18.5. The maximum atomic E-state index is 11.5. The fraction of sp³-hybridized carbons (Fsp3) is 0.286. The number of methoxy groups -OCH3 is 1. The van der Waals surface area contributed by atoms with Crippen molar-refractivity contribution in [3.8, 4) is 5.75 Å². The summed E-state index contributed by atoms with van der Waals surface area (Å²) in [7, 11) is 1.64. The minimum atomic E-state index is -1.51. The number of rotatable bonds is 9. The number of aromatic amines is 1. The number of carboxylic acid groups (broad SMARTS) is 2. The average molecular weight is 461 g/mol. The summed E-state index contributed by atoms with van der Waals surface area (Å²) in [5, 5.41) is 19.8. The number of benzene rings is 1. The first kappa shape index (κ1) is 26.7. The first-order chi connectivity index (χ1) is 15.7. The molecule has 1 amide bonds. The van der Waals surface area contributed by atoms with Crippen molar-refractivity contribution >= 4 is 35.5 Å². The van der Waals surface area contributed by atoms with E-state index in [-0.39, 0.29) is 12.4 Å². The van der Waals surface area contributed by atoms with Gasteiger partial charge in [0, 0.05) is 6.08 Å². The molecule has 2 aromatic rings. The molecule has 0 atom stereocenters. The van der Waals surface area contributed by atoms with Crippen molar-refractivity contribution in [3.63, 3.8) is 0 Å². The Labute approximate surface area is 190 Å². The van der Waals surface area contributed by atoms with Gasteiger partial charge in [0.25, 0.3) is 0 Å². The standard InChI is InChI=1S/C17H23N5O3.C4H4O4/c1-4-22(11-12-6-8-13(24-3)9-7-12)16-19-10-14(15(18)21-16)20-17(23)25-5-2;5-3(6)1-2-4(7)8/h6-10H,4-5,11H2,1-3H3,(H,20,23)(H2,18,19,21);1-2H,(H,5,6)(H,7,8)/b;2-1+. The smallest absolute Gasteiger partial charge is 0.411 e. The first-order valence-corrected chi connectivity index (χ1v) is 9.81. The van der Waals surface area contributed by atoms with Crippen LogP contribution in [0.15, 0.2) is 42.6 Å². The fourth-order valence-electron chi connectivity index (χ4n) is 2.38. The molecular formula is C21H27N5O7. The Morgan fingerprint density at radius 2 is 1.91 bits per heavy atom. The summed E-state index contributed by atoms with van der Waals surface area (Å²) in [6.45, 7) is 5.44. The second-order valence-electron chi connectivity index (χ2n) is 6.22. The Balaban J connectivity index is 0.000000582. The van der Waals surface area contributed by atoms with E-state index in [9.17, 15) is 19.5 Å². The topological polar surface area (TPSA) is 181 Å². The quantitative estimate of drug-likeness (QED) is 0.444. The van der Waals surface area contributed by atoms with Gasteiger partial charge in [-0.1, -0.05) is 17.1 Å². The first-order valence-electron chi connectivity index (χ1n) is 9.81. The lowest BCUT2D eigenvalue weighted by Gasteiger charge is -2.15. The van der Waals surface area contributed by atoms with E-state index < -0.39 is 18.0 Å². The van der Waals surface area contributed by atoms with E-state index >= 15 is 0 Å². The van der Waals surface area contributed by atoms with Crippen LogP contribution < -0.4 is 30.8 Å². The molecule has 0 bridgehead atoms. The third-order valence-electron chi connectivity index (χ3n) is 3.94. The van der Waals surface area contributed by atoms with Crippen LogP contribution in [0.5, 0.6) is 5.75 Å². The van der Waals surface area contributed by atoms with Gasteiger partial charge < -0.3 is 30.2 Å². The van der Waals surface area contributed by atoms with Crippen LogP contribution >= 0.6 is 0 Å². The molecule has 1 heterocycles. The molecule has 178 valence electrons. The number of carboxylic acids is 2. The van der Waals surface area contributed by atoms with Crippen molar-refractivity contribution in [3.05, 3.63) is 48.2 Å². The van der Waals surface area contributed by atoms with E-state index in [1.54, 1.807) is 20.2 Å². The molecule has 0 aliphatic heterocycles. The molecule has 0 aliphatic carbocycles. The number of nitrogens with two attached hydrogens (primary N) is 1. The van der Waals surface area contributed by atoms with Crippen molar-refractivity contribution in [1.29, 1.82) is 0 Å². The maximum absolute atomic E-state index is 11.5. The average Bonchev–Trinajstić information content (AvgIpc) is 2.78. The molecule has 0 radical (unpaired) electrons. The van der Waals surface area contributed by atoms with Crippen LogP contribution in [0.1, 0.15) is 19.4 Å². The highest BCUT2D eigenvalue weighted by molar-refractivity contribution is 5.88. The van der Waals surface area contributed by atoms with Gasteiger partial charge in [-0.2, -0.15) is 0 Å². The van der Waals surface area contributed by atoms with E-state index in [0.29, 0.717) is 30.3 Å². The van der Waals surface area contributed by atoms with Crippen molar-refractivity contribution in [2.24, 2.45) is 0 Å². The molecule has 2 rings (SSSR count). The predicted molar refractivity (Wildman–Crippen MR) is 117 cm³/mol. The van der Waals surface area contributed by atoms with Crippen molar-refractivity contribution in [1.82, 2.24) is 4.98 Å². The molecule has 0 aliphatic rings. The number of nitrogens with zero attached hydrogens (tertiary/aromatic N) is 2. The van der Waals surface area contributed by atoms with Crippen LogP contribution in [0, 0.1) is 0 Å². The number of carbonyl (C=O) groups excluding carboxylic acids is 2. The van der Waals surface area contributed by atoms with E-state index in [1.165, 1.54) is 0 Å². The summed E-state index contributed by atoms with van der Waals surface area (Å²) >= 11 is 0. The molecule has 33 heavy (non-hydrogen) atoms. The molecule has 1 aromatic carbocycles. The van der Waals surface area contributed by atoms with Gasteiger partial charge in [-0.25, -0.2) is 14.6 Å². The summed E-state index contributed by atoms with van der Waals surface area (Å²) in [5.74, 6) is -1.16. The molecular weight excluding hydrogens is 434 g/mol. The zero-order chi connectivity index (χ0) is 24.8. The SMILES string of the molecule is CCOC(=O)Nc1c[nH+]c(N(CC)Cc2ccc(OC)cc2)nc1N.O=C([O-])/C=C/C(=O)O. The second-order valence-corrected chi connectivity index (χ2v) is 6.22. The van der Waals surface area contributed by atoms with Gasteiger partial charge >= 0.3 is 18.0 Å². The molecule has 5 N–H and O–H groups in total. The number of anilines is 3. The van der Waals surface area contributed by atoms with Gasteiger partial charge in [-0.05, 0) is 37.6 Å². The lowest BCUT2D eigenvalue weighted by molar-refractivity contribution is -0.367. The molecule has 0 saturated carbocycles. The number of aliphatic carboxylic acids is 2. The molecule has 12 nitrogen and oxygen atoms in total. The highest BCUT2D eigenvalue weighted by atomic mass is 16.5. The lowest BCUT2D eigenvalue weighted by Crippen LogP contribution is -2.30. The number of nitrogen functional groups attached to an aromatic ring is 1. The normalized spacial score (nSPS) is 10.0. The van der Waals surface area contributed by atoms with E-state index in [0.717, 1.165) is 17.9 Å². The Morgan fingerprint density at radius 1 is 1.24 bits per heavy atom. The van der Waals surface area contributed by atoms with Crippen molar-refractivity contribution in [2.45, 2.75) is 20.4 Å². The van der Waals surface area contributed by atoms with Gasteiger partial charge in [0.05, 0.1) is 39.0 Å². The summed E-state index contributed by atoms with van der Waals surface area (Å²) in [5.41, 5.74) is 7.44. The monoisotopic (exact) mass is 461 g/mol. The second kappa shape index (κ2) is 13.9. The Hall–Kier alpha value is -4.35. The largest absolute Gasteiger partial charge is 0.545 e. The number of hydrogen-bond donors (Lipinski definition) is 3. The van der Waals surface area contributed by atoms with E-state index in [4.69, 9.17) is 20.3 Å². The van der Waals surface area contributed by atoms with Gasteiger partial charge in [-0.15, -0.1) is 0 Å². The molecule has 0 saturated heterocycles. The predicted octanol–water partition coefficient (Wildman–Crippen LogP) is 0.459. The van der Waals surface area contributed by atoms with Gasteiger partial charge in [0.2, 0.25) is 5.82 Å². The highest BCUT2D eigenvalue weighted by Gasteiger charge is 2.19. The summed E-state index contributed by atoms with van der Waals surface area (Å²) < 4.78 is 10.00. The number of amides is 1. The molecule has 12 heteroatoms. The van der Waals surface area contributed by atoms with Gasteiger partial charge in [0.15, 0.2) is 0 Å². The summed E-state index contributed by atoms with van der Waals surface area (Å²) in [4.78, 5) is 39.9. The van der Waals surface area contributed by atoms with Gasteiger partial charge in [-0.3, -0.25) is 10.2 Å². The minimum Gasteiger partial charge on any atom is -0.545 e. The van der Waals surface area contributed by atoms with E-state index in [2.05, 4.69) is 15.3 Å². The Kier molecular flexibility index (Phi) is 11.2. The highest BCUT2D eigenvalue weighted by Crippen LogP contribution is 2.18. The van der Waals surface area contributed by atoms with Crippen molar-refractivity contribution in [2.75, 3.05) is 36.2 Å². The lowest BCUT2D eigenvalue weighted by atomic mass is 10.2. The summed E-state index contributed by atoms with van der Waals surface area (Å²) in [6, 6.07) is 7.84. The van der Waals surface area contributed by atoms with Crippen LogP contribution in [-0.2, 0) is 20.9 Å². The number of H-pyrrole nitrogens is 1. The van der Waals surface area contributed by atoms with Crippen LogP contribution in [-0.4, -0.2) is 48.4 Å². The fourth-order valence-corrected chi connectivity index (χ4v) is 2.38. The number of nitrogens with one attached hydrogen (secondary N) is 2. The minimum absolute atomic E-state index is 0.218. The molecule has 1 aromatic heterocycles. The molecule has 0 unspecified atom stereocenters. The number of carbonyl (C=O) groups is 3. The van der Waals surface area contributed by atoms with Crippen LogP contribution in [0.25, 0.3) is 0 Å². The third-order valence-corrected chi connectivity index (χ3v) is 3.94. The Bertz CT molecular complexity index is 948. The Morgan fingerprint density at radius 3 is 2.36 bits per heavy atom. The van der Waals surface area contributed by atoms with Crippen molar-refractivity contribution < 1.29 is 39.1 Å².